The second-order valence-electron chi connectivity index (χ2n) is 6.22. The van der Waals surface area contributed by atoms with E-state index in [4.69, 9.17) is 14.2 Å². The third kappa shape index (κ3) is 4.60. The monoisotopic (exact) mass is 312 g/mol. The van der Waals surface area contributed by atoms with Gasteiger partial charge in [0.15, 0.2) is 5.41 Å². The number of carbonyl (C=O) groups is 2. The lowest BCUT2D eigenvalue weighted by Crippen LogP contribution is -2.50. The van der Waals surface area contributed by atoms with E-state index in [0.29, 0.717) is 13.2 Å². The Hall–Kier alpha value is -1.81. The van der Waals surface area contributed by atoms with E-state index in [1.54, 1.807) is 27.7 Å². The van der Waals surface area contributed by atoms with Gasteiger partial charge in [-0.05, 0) is 34.1 Å². The number of esters is 1. The second kappa shape index (κ2) is 7.45. The number of nitrogens with one attached hydrogen (secondary N) is 1. The molecule has 1 fully saturated rings. The van der Waals surface area contributed by atoms with Crippen molar-refractivity contribution in [1.29, 1.82) is 5.26 Å². The molecule has 0 aromatic heterocycles. The van der Waals surface area contributed by atoms with Gasteiger partial charge < -0.3 is 19.5 Å². The Kier molecular flexibility index (Phi) is 6.18. The quantitative estimate of drug-likeness (QED) is 0.748. The molecule has 0 saturated carbocycles. The van der Waals surface area contributed by atoms with Crippen LogP contribution in [0.2, 0.25) is 0 Å². The summed E-state index contributed by atoms with van der Waals surface area (Å²) in [5.74, 6) is -0.770. The van der Waals surface area contributed by atoms with Gasteiger partial charge in [-0.1, -0.05) is 0 Å². The lowest BCUT2D eigenvalue weighted by molar-refractivity contribution is -0.167. The Morgan fingerprint density at radius 1 is 1.36 bits per heavy atom. The zero-order valence-corrected chi connectivity index (χ0v) is 13.6. The molecule has 1 N–H and O–H groups in total. The fraction of sp³-hybridized carbons (Fsp3) is 0.800. The van der Waals surface area contributed by atoms with Crippen molar-refractivity contribution in [2.45, 2.75) is 39.7 Å². The lowest BCUT2D eigenvalue weighted by Gasteiger charge is -2.38. The Morgan fingerprint density at radius 2 is 2.00 bits per heavy atom. The average molecular weight is 312 g/mol. The zero-order chi connectivity index (χ0) is 16.8. The summed E-state index contributed by atoms with van der Waals surface area (Å²) in [5.41, 5.74) is -1.89. The highest BCUT2D eigenvalue weighted by Crippen LogP contribution is 2.37. The van der Waals surface area contributed by atoms with Crippen LogP contribution in [0.1, 0.15) is 34.1 Å². The predicted octanol–water partition coefficient (Wildman–Crippen LogP) is 1.62. The van der Waals surface area contributed by atoms with Gasteiger partial charge in [0.2, 0.25) is 0 Å². The van der Waals surface area contributed by atoms with Gasteiger partial charge >= 0.3 is 12.1 Å². The van der Waals surface area contributed by atoms with Gasteiger partial charge in [-0.15, -0.1) is 0 Å². The first-order valence-electron chi connectivity index (χ1n) is 7.38. The molecule has 0 aliphatic carbocycles. The number of carbonyl (C=O) groups excluding carboxylic acids is 2. The molecule has 0 radical (unpaired) electrons. The molecule has 1 rings (SSSR count). The fourth-order valence-corrected chi connectivity index (χ4v) is 2.12. The molecule has 1 amide bonds. The highest BCUT2D eigenvalue weighted by atomic mass is 16.6. The summed E-state index contributed by atoms with van der Waals surface area (Å²) in [4.78, 5) is 23.8. The first-order chi connectivity index (χ1) is 10.2. The third-order valence-electron chi connectivity index (χ3n) is 3.36. The van der Waals surface area contributed by atoms with Crippen LogP contribution in [0.3, 0.4) is 0 Å². The maximum Gasteiger partial charge on any atom is 0.407 e. The molecule has 1 atom stereocenters. The topological polar surface area (TPSA) is 97.7 Å². The van der Waals surface area contributed by atoms with E-state index in [-0.39, 0.29) is 25.5 Å². The van der Waals surface area contributed by atoms with Crippen molar-refractivity contribution in [3.63, 3.8) is 0 Å². The first kappa shape index (κ1) is 18.2. The molecule has 1 unspecified atom stereocenters. The summed E-state index contributed by atoms with van der Waals surface area (Å²) >= 11 is 0. The Morgan fingerprint density at radius 3 is 2.41 bits per heavy atom. The molecule has 1 aliphatic heterocycles. The smallest absolute Gasteiger partial charge is 0.407 e. The third-order valence-corrected chi connectivity index (χ3v) is 3.36. The molecule has 1 heterocycles. The lowest BCUT2D eigenvalue weighted by atomic mass is 9.72. The van der Waals surface area contributed by atoms with E-state index in [0.717, 1.165) is 0 Å². The molecule has 1 aliphatic rings. The van der Waals surface area contributed by atoms with Gasteiger partial charge in [0.05, 0.1) is 25.9 Å². The Bertz CT molecular complexity index is 448. The minimum absolute atomic E-state index is 0.151. The van der Waals surface area contributed by atoms with Crippen molar-refractivity contribution < 1.29 is 23.8 Å². The number of rotatable bonds is 6. The van der Waals surface area contributed by atoms with E-state index in [2.05, 4.69) is 11.4 Å². The van der Waals surface area contributed by atoms with Crippen LogP contribution in [-0.2, 0) is 19.0 Å². The zero-order valence-electron chi connectivity index (χ0n) is 13.6. The van der Waals surface area contributed by atoms with Crippen LogP contribution in [0, 0.1) is 22.7 Å². The SMILES string of the molecule is CCOC(=O)C(C#N)(CCNC(=O)OC(C)(C)C)C1COC1. The highest BCUT2D eigenvalue weighted by molar-refractivity contribution is 5.81. The van der Waals surface area contributed by atoms with Crippen LogP contribution in [-0.4, -0.2) is 44.0 Å². The normalized spacial score (nSPS) is 17.6. The molecule has 0 bridgehead atoms. The Labute approximate surface area is 130 Å². The maximum absolute atomic E-state index is 12.2. The molecule has 124 valence electrons. The van der Waals surface area contributed by atoms with Gasteiger partial charge in [-0.3, -0.25) is 4.79 Å². The summed E-state index contributed by atoms with van der Waals surface area (Å²) in [7, 11) is 0. The van der Waals surface area contributed by atoms with Gasteiger partial charge in [0.1, 0.15) is 5.60 Å². The minimum atomic E-state index is -1.29. The van der Waals surface area contributed by atoms with Crippen LogP contribution in [0.25, 0.3) is 0 Å². The van der Waals surface area contributed by atoms with Gasteiger partial charge in [-0.2, -0.15) is 5.26 Å². The largest absolute Gasteiger partial charge is 0.465 e. The average Bonchev–Trinajstić information content (AvgIpc) is 2.33. The molecule has 0 spiro atoms. The van der Waals surface area contributed by atoms with Crippen LogP contribution in [0.15, 0.2) is 0 Å². The van der Waals surface area contributed by atoms with E-state index in [1.165, 1.54) is 0 Å². The Balaban J connectivity index is 2.64. The maximum atomic E-state index is 12.2. The fourth-order valence-electron chi connectivity index (χ4n) is 2.12. The number of amides is 1. The predicted molar refractivity (Wildman–Crippen MR) is 77.8 cm³/mol. The minimum Gasteiger partial charge on any atom is -0.465 e. The number of hydrogen-bond donors (Lipinski definition) is 1. The summed E-state index contributed by atoms with van der Waals surface area (Å²) in [6.45, 7) is 8.02. The van der Waals surface area contributed by atoms with Gasteiger partial charge in [0.25, 0.3) is 0 Å². The summed E-state index contributed by atoms with van der Waals surface area (Å²) in [5, 5.41) is 12.1. The van der Waals surface area contributed by atoms with Crippen LogP contribution < -0.4 is 5.32 Å². The van der Waals surface area contributed by atoms with E-state index in [9.17, 15) is 14.9 Å². The molecule has 7 heteroatoms. The number of nitrogens with zero attached hydrogens (tertiary/aromatic N) is 1. The summed E-state index contributed by atoms with van der Waals surface area (Å²) in [6.07, 6.45) is -0.414. The number of alkyl carbamates (subject to hydrolysis) is 1. The van der Waals surface area contributed by atoms with Crippen molar-refractivity contribution in [1.82, 2.24) is 5.32 Å². The summed E-state index contributed by atoms with van der Waals surface area (Å²) < 4.78 is 15.2. The van der Waals surface area contributed by atoms with Crippen LogP contribution in [0.4, 0.5) is 4.79 Å². The molecule has 1 saturated heterocycles. The number of nitriles is 1. The van der Waals surface area contributed by atoms with Crippen molar-refractivity contribution in [2.24, 2.45) is 11.3 Å². The molecule has 0 aromatic rings. The van der Waals surface area contributed by atoms with Crippen LogP contribution in [0.5, 0.6) is 0 Å². The van der Waals surface area contributed by atoms with E-state index >= 15 is 0 Å². The first-order valence-corrected chi connectivity index (χ1v) is 7.38. The number of ether oxygens (including phenoxy) is 3. The summed E-state index contributed by atoms with van der Waals surface area (Å²) in [6, 6.07) is 2.08. The molecule has 0 aromatic carbocycles. The van der Waals surface area contributed by atoms with Crippen molar-refractivity contribution in [3.8, 4) is 6.07 Å². The van der Waals surface area contributed by atoms with Gasteiger partial charge in [0, 0.05) is 12.5 Å². The molecular formula is C15H24N2O5. The molecular weight excluding hydrogens is 288 g/mol. The highest BCUT2D eigenvalue weighted by Gasteiger charge is 2.50. The van der Waals surface area contributed by atoms with E-state index < -0.39 is 23.1 Å². The second-order valence-corrected chi connectivity index (χ2v) is 6.22. The van der Waals surface area contributed by atoms with Crippen LogP contribution >= 0.6 is 0 Å². The van der Waals surface area contributed by atoms with Gasteiger partial charge in [-0.25, -0.2) is 4.79 Å². The standard InChI is InChI=1S/C15H24N2O5/c1-5-21-12(18)15(10-16,11-8-20-9-11)6-7-17-13(19)22-14(2,3)4/h11H,5-9H2,1-4H3,(H,17,19). The number of hydrogen-bond acceptors (Lipinski definition) is 6. The molecule has 7 nitrogen and oxygen atoms in total. The molecule has 22 heavy (non-hydrogen) atoms. The van der Waals surface area contributed by atoms with E-state index in [1.807, 2.05) is 0 Å². The van der Waals surface area contributed by atoms with Crippen molar-refractivity contribution >= 4 is 12.1 Å². The van der Waals surface area contributed by atoms with Crippen molar-refractivity contribution in [3.05, 3.63) is 0 Å². The van der Waals surface area contributed by atoms with Crippen molar-refractivity contribution in [2.75, 3.05) is 26.4 Å².